The number of carbonyl (C=O) groups is 2. The van der Waals surface area contributed by atoms with E-state index in [1.54, 1.807) is 9.47 Å². The minimum atomic E-state index is -0.945. The lowest BCUT2D eigenvalue weighted by Gasteiger charge is -2.40. The molecule has 48 heavy (non-hydrogen) atoms. The number of ether oxygens (including phenoxy) is 1. The number of hydrogen-bond donors (Lipinski definition) is 2. The summed E-state index contributed by atoms with van der Waals surface area (Å²) < 4.78 is 7.84. The number of benzene rings is 2. The Bertz CT molecular complexity index is 1770. The summed E-state index contributed by atoms with van der Waals surface area (Å²) in [6.45, 7) is 6.52. The van der Waals surface area contributed by atoms with Gasteiger partial charge < -0.3 is 24.4 Å². The molecular formula is C36H46N8O4. The molecule has 0 radical (unpaired) electrons. The van der Waals surface area contributed by atoms with Crippen LogP contribution in [0, 0.1) is 18.8 Å². The van der Waals surface area contributed by atoms with E-state index in [2.05, 4.69) is 32.3 Å². The fraction of sp³-hybridized carbons (Fsp3) is 0.528. The first kappa shape index (κ1) is 32.1. The molecule has 4 aromatic rings. The van der Waals surface area contributed by atoms with Crippen molar-refractivity contribution in [2.24, 2.45) is 11.8 Å². The highest BCUT2D eigenvalue weighted by Crippen LogP contribution is 2.33. The van der Waals surface area contributed by atoms with Crippen molar-refractivity contribution in [3.8, 4) is 11.3 Å². The maximum atomic E-state index is 14.1. The quantitative estimate of drug-likeness (QED) is 0.302. The monoisotopic (exact) mass is 654 g/mol. The van der Waals surface area contributed by atoms with Crippen LogP contribution in [0.25, 0.3) is 22.3 Å². The SMILES string of the molecule is Cc1cc(CC(OC(=O)N2CCC(n3cc(-c4ccccc4)[nH]c3=O)CC2)C(=O)N2CCC(C3CCN(C)CC3)CC2)cc2nn[nH]c12. The van der Waals surface area contributed by atoms with Crippen LogP contribution in [-0.2, 0) is 16.0 Å². The van der Waals surface area contributed by atoms with Crippen LogP contribution in [0.1, 0.15) is 55.7 Å². The molecule has 3 saturated heterocycles. The Morgan fingerprint density at radius 2 is 1.58 bits per heavy atom. The lowest BCUT2D eigenvalue weighted by Crippen LogP contribution is -2.49. The summed E-state index contributed by atoms with van der Waals surface area (Å²) in [5.74, 6) is 1.23. The van der Waals surface area contributed by atoms with E-state index in [-0.39, 0.29) is 24.1 Å². The normalized spacial score (nSPS) is 19.5. The number of likely N-dealkylation sites (tertiary alicyclic amines) is 3. The number of imidazole rings is 1. The van der Waals surface area contributed by atoms with Gasteiger partial charge in [-0.3, -0.25) is 14.5 Å². The van der Waals surface area contributed by atoms with Gasteiger partial charge in [-0.2, -0.15) is 0 Å². The van der Waals surface area contributed by atoms with Crippen LogP contribution in [0.2, 0.25) is 0 Å². The van der Waals surface area contributed by atoms with Gasteiger partial charge in [-0.1, -0.05) is 41.6 Å². The summed E-state index contributed by atoms with van der Waals surface area (Å²) >= 11 is 0. The molecule has 3 aliphatic rings. The third-order valence-electron chi connectivity index (χ3n) is 10.9. The molecule has 12 heteroatoms. The first-order valence-corrected chi connectivity index (χ1v) is 17.4. The summed E-state index contributed by atoms with van der Waals surface area (Å²) in [5, 5.41) is 11.0. The van der Waals surface area contributed by atoms with Crippen LogP contribution >= 0.6 is 0 Å². The van der Waals surface area contributed by atoms with Gasteiger partial charge in [0.1, 0.15) is 5.52 Å². The molecule has 3 fully saturated rings. The Morgan fingerprint density at radius 1 is 0.917 bits per heavy atom. The number of amides is 2. The standard InChI is InChI=1S/C36H46N8O4/c1-24-20-25(21-30-33(24)39-40-38-30)22-32(34(45)42-16-10-27(11-17-42)26-8-14-41(2)15-9-26)48-36(47)43-18-12-29(13-19-43)44-23-31(37-35(44)46)28-6-4-3-5-7-28/h3-7,20-21,23,26-27,29,32H,8-19,22H2,1-2H3,(H,37,46)(H,38,39,40). The van der Waals surface area contributed by atoms with Gasteiger partial charge in [0.25, 0.3) is 5.91 Å². The molecule has 2 N–H and O–H groups in total. The number of fused-ring (bicyclic) bond motifs is 1. The predicted octanol–water partition coefficient (Wildman–Crippen LogP) is 4.39. The van der Waals surface area contributed by atoms with E-state index in [4.69, 9.17) is 4.74 Å². The van der Waals surface area contributed by atoms with Crippen molar-refractivity contribution >= 4 is 23.0 Å². The third kappa shape index (κ3) is 6.89. The molecule has 7 rings (SSSR count). The summed E-state index contributed by atoms with van der Waals surface area (Å²) in [6.07, 6.45) is 6.36. The average molecular weight is 655 g/mol. The summed E-state index contributed by atoms with van der Waals surface area (Å²) in [7, 11) is 2.19. The van der Waals surface area contributed by atoms with Gasteiger partial charge >= 0.3 is 11.8 Å². The number of rotatable bonds is 7. The van der Waals surface area contributed by atoms with Crippen molar-refractivity contribution in [1.29, 1.82) is 0 Å². The highest BCUT2D eigenvalue weighted by atomic mass is 16.6. The number of nitrogens with one attached hydrogen (secondary N) is 2. The number of piperidine rings is 3. The van der Waals surface area contributed by atoms with Gasteiger partial charge in [-0.25, -0.2) is 9.59 Å². The molecule has 5 heterocycles. The van der Waals surface area contributed by atoms with E-state index < -0.39 is 12.2 Å². The Kier molecular flexibility index (Phi) is 9.34. The fourth-order valence-electron chi connectivity index (χ4n) is 7.97. The fourth-order valence-corrected chi connectivity index (χ4v) is 7.97. The molecule has 12 nitrogen and oxygen atoms in total. The topological polar surface area (TPSA) is 132 Å². The second-order valence-electron chi connectivity index (χ2n) is 14.0. The number of aromatic nitrogens is 5. The molecule has 1 atom stereocenters. The number of aromatic amines is 2. The van der Waals surface area contributed by atoms with Crippen molar-refractivity contribution in [1.82, 2.24) is 39.7 Å². The average Bonchev–Trinajstić information content (AvgIpc) is 3.76. The maximum Gasteiger partial charge on any atom is 0.410 e. The first-order valence-electron chi connectivity index (χ1n) is 17.4. The van der Waals surface area contributed by atoms with Gasteiger partial charge in [-0.15, -0.1) is 5.10 Å². The first-order chi connectivity index (χ1) is 23.3. The molecule has 2 aromatic carbocycles. The lowest BCUT2D eigenvalue weighted by atomic mass is 9.79. The number of carbonyl (C=O) groups excluding carboxylic acids is 2. The summed E-state index contributed by atoms with van der Waals surface area (Å²) in [5.41, 5.74) is 5.00. The van der Waals surface area contributed by atoms with E-state index >= 15 is 0 Å². The van der Waals surface area contributed by atoms with Gasteiger partial charge in [0.2, 0.25) is 0 Å². The van der Waals surface area contributed by atoms with Crippen LogP contribution in [0.5, 0.6) is 0 Å². The van der Waals surface area contributed by atoms with Gasteiger partial charge in [0, 0.05) is 44.8 Å². The Hall–Kier alpha value is -4.45. The van der Waals surface area contributed by atoms with Crippen molar-refractivity contribution < 1.29 is 14.3 Å². The summed E-state index contributed by atoms with van der Waals surface area (Å²) in [6, 6.07) is 13.7. The second-order valence-corrected chi connectivity index (χ2v) is 14.0. The minimum Gasteiger partial charge on any atom is -0.436 e. The smallest absolute Gasteiger partial charge is 0.410 e. The zero-order valence-corrected chi connectivity index (χ0v) is 27.9. The van der Waals surface area contributed by atoms with Crippen LogP contribution in [0.15, 0.2) is 53.5 Å². The molecular weight excluding hydrogens is 608 g/mol. The molecule has 2 amide bonds. The van der Waals surface area contributed by atoms with Gasteiger partial charge in [-0.05, 0) is 100 Å². The molecule has 1 unspecified atom stereocenters. The van der Waals surface area contributed by atoms with E-state index in [9.17, 15) is 14.4 Å². The van der Waals surface area contributed by atoms with Crippen LogP contribution in [0.3, 0.4) is 0 Å². The van der Waals surface area contributed by atoms with E-state index in [0.29, 0.717) is 44.9 Å². The van der Waals surface area contributed by atoms with E-state index in [1.165, 1.54) is 12.8 Å². The third-order valence-corrected chi connectivity index (χ3v) is 10.9. The predicted molar refractivity (Wildman–Crippen MR) is 182 cm³/mol. The Balaban J connectivity index is 1.01. The largest absolute Gasteiger partial charge is 0.436 e. The molecule has 0 aliphatic carbocycles. The van der Waals surface area contributed by atoms with Crippen LogP contribution in [0.4, 0.5) is 4.79 Å². The number of hydrogen-bond acceptors (Lipinski definition) is 7. The summed E-state index contributed by atoms with van der Waals surface area (Å²) in [4.78, 5) is 49.5. The molecule has 2 aromatic heterocycles. The zero-order valence-electron chi connectivity index (χ0n) is 27.9. The highest BCUT2D eigenvalue weighted by molar-refractivity contribution is 5.84. The van der Waals surface area contributed by atoms with Gasteiger partial charge in [0.15, 0.2) is 6.10 Å². The molecule has 3 aliphatic heterocycles. The lowest BCUT2D eigenvalue weighted by molar-refractivity contribution is -0.142. The second kappa shape index (κ2) is 14.0. The van der Waals surface area contributed by atoms with Crippen molar-refractivity contribution in [3.63, 3.8) is 0 Å². The molecule has 0 bridgehead atoms. The van der Waals surface area contributed by atoms with Crippen LogP contribution in [-0.4, -0.2) is 104 Å². The van der Waals surface area contributed by atoms with Crippen molar-refractivity contribution in [2.75, 3.05) is 46.3 Å². The van der Waals surface area contributed by atoms with Crippen molar-refractivity contribution in [2.45, 2.75) is 64.0 Å². The number of H-pyrrole nitrogens is 2. The molecule has 0 saturated carbocycles. The number of aryl methyl sites for hydroxylation is 1. The number of nitrogens with zero attached hydrogens (tertiary/aromatic N) is 6. The van der Waals surface area contributed by atoms with Crippen LogP contribution < -0.4 is 5.69 Å². The Morgan fingerprint density at radius 3 is 2.29 bits per heavy atom. The maximum absolute atomic E-state index is 14.1. The zero-order chi connectivity index (χ0) is 33.2. The Labute approximate surface area is 280 Å². The molecule has 0 spiro atoms. The van der Waals surface area contributed by atoms with Crippen molar-refractivity contribution in [3.05, 3.63) is 70.3 Å². The minimum absolute atomic E-state index is 0.0317. The highest BCUT2D eigenvalue weighted by Gasteiger charge is 2.36. The van der Waals surface area contributed by atoms with E-state index in [1.807, 2.05) is 60.5 Å². The molecule has 254 valence electrons. The van der Waals surface area contributed by atoms with E-state index in [0.717, 1.165) is 65.3 Å². The van der Waals surface area contributed by atoms with Gasteiger partial charge in [0.05, 0.1) is 11.2 Å².